The predicted octanol–water partition coefficient (Wildman–Crippen LogP) is 4.60. The van der Waals surface area contributed by atoms with Crippen molar-refractivity contribution in [2.45, 2.75) is 64.8 Å². The molecule has 3 nitrogen and oxygen atoms in total. The number of Topliss-reactive ketones (excluding diaryl/α,β-unsaturated/α-hetero) is 1. The Hall–Kier alpha value is -1.49. The number of nitrogens with two attached hydrogens (primary N) is 1. The number of rotatable bonds is 10. The van der Waals surface area contributed by atoms with E-state index >= 15 is 0 Å². The molecule has 4 heteroatoms. The largest absolute Gasteiger partial charge is 0.394 e. The molecule has 0 amide bonds. The fraction of sp³-hybridized carbons (Fsp3) is 0.500. The van der Waals surface area contributed by atoms with E-state index in [1.54, 1.807) is 11.3 Å². The second-order valence-electron chi connectivity index (χ2n) is 7.35. The number of hydrogen-bond donors (Lipinski definition) is 2. The number of benzene rings is 1. The zero-order valence-electron chi connectivity index (χ0n) is 16.2. The number of ketones is 1. The van der Waals surface area contributed by atoms with Crippen LogP contribution in [-0.4, -0.2) is 23.0 Å². The minimum atomic E-state index is -0.519. The van der Waals surface area contributed by atoms with Crippen molar-refractivity contribution in [3.05, 3.63) is 56.8 Å². The minimum Gasteiger partial charge on any atom is -0.394 e. The summed E-state index contributed by atoms with van der Waals surface area (Å²) in [6.07, 6.45) is 4.70. The highest BCUT2D eigenvalue weighted by Crippen LogP contribution is 2.27. The Morgan fingerprint density at radius 1 is 1.19 bits per heavy atom. The number of thiophene rings is 1. The van der Waals surface area contributed by atoms with E-state index in [0.29, 0.717) is 6.42 Å². The summed E-state index contributed by atoms with van der Waals surface area (Å²) in [4.78, 5) is 14.6. The zero-order chi connectivity index (χ0) is 19.2. The van der Waals surface area contributed by atoms with Gasteiger partial charge in [-0.1, -0.05) is 36.8 Å². The van der Waals surface area contributed by atoms with Gasteiger partial charge in [-0.25, -0.2) is 0 Å². The Morgan fingerprint density at radius 3 is 2.50 bits per heavy atom. The molecule has 1 heterocycles. The highest BCUT2D eigenvalue weighted by molar-refractivity contribution is 7.14. The van der Waals surface area contributed by atoms with E-state index in [0.717, 1.165) is 42.5 Å². The van der Waals surface area contributed by atoms with Crippen LogP contribution in [0.1, 0.15) is 63.8 Å². The van der Waals surface area contributed by atoms with Gasteiger partial charge in [0.05, 0.1) is 11.5 Å². The Labute approximate surface area is 161 Å². The first-order chi connectivity index (χ1) is 12.4. The first-order valence-electron chi connectivity index (χ1n) is 9.44. The van der Waals surface area contributed by atoms with Gasteiger partial charge in [0.25, 0.3) is 0 Å². The van der Waals surface area contributed by atoms with Crippen LogP contribution in [0.25, 0.3) is 0 Å². The molecule has 0 radical (unpaired) electrons. The van der Waals surface area contributed by atoms with Gasteiger partial charge in [-0.05, 0) is 63.1 Å². The van der Waals surface area contributed by atoms with Crippen LogP contribution in [0.15, 0.2) is 30.3 Å². The lowest BCUT2D eigenvalue weighted by Crippen LogP contribution is -2.43. The molecule has 0 aliphatic rings. The lowest BCUT2D eigenvalue weighted by molar-refractivity contribution is 0.0984. The number of aliphatic hydroxyl groups is 1. The van der Waals surface area contributed by atoms with Gasteiger partial charge in [-0.2, -0.15) is 0 Å². The van der Waals surface area contributed by atoms with Gasteiger partial charge < -0.3 is 10.8 Å². The summed E-state index contributed by atoms with van der Waals surface area (Å²) in [5, 5.41) is 9.46. The van der Waals surface area contributed by atoms with Gasteiger partial charge in [-0.15, -0.1) is 11.3 Å². The summed E-state index contributed by atoms with van der Waals surface area (Å²) >= 11 is 1.59. The monoisotopic (exact) mass is 373 g/mol. The standard InChI is InChI=1S/C22H31NO2S/c1-4-22(23,15-24)13-12-20-17(3)14-21(26-20)19(25)7-5-6-18-10-8-16(2)9-11-18/h8-11,14,24H,4-7,12-13,15,23H2,1-3H3/t22-/m1/s1. The van der Waals surface area contributed by atoms with Gasteiger partial charge in [0.15, 0.2) is 5.78 Å². The maximum Gasteiger partial charge on any atom is 0.172 e. The molecule has 1 atom stereocenters. The van der Waals surface area contributed by atoms with E-state index in [2.05, 4.69) is 38.1 Å². The van der Waals surface area contributed by atoms with Crippen LogP contribution in [0.5, 0.6) is 0 Å². The lowest BCUT2D eigenvalue weighted by Gasteiger charge is -2.25. The predicted molar refractivity (Wildman–Crippen MR) is 110 cm³/mol. The van der Waals surface area contributed by atoms with E-state index in [-0.39, 0.29) is 12.4 Å². The number of hydrogen-bond acceptors (Lipinski definition) is 4. The van der Waals surface area contributed by atoms with Gasteiger partial charge in [-0.3, -0.25) is 4.79 Å². The summed E-state index contributed by atoms with van der Waals surface area (Å²) < 4.78 is 0. The quantitative estimate of drug-likeness (QED) is 0.598. The van der Waals surface area contributed by atoms with Crippen molar-refractivity contribution < 1.29 is 9.90 Å². The number of aliphatic hydroxyl groups excluding tert-OH is 1. The molecule has 0 saturated carbocycles. The van der Waals surface area contributed by atoms with Crippen molar-refractivity contribution in [1.82, 2.24) is 0 Å². The van der Waals surface area contributed by atoms with E-state index < -0.39 is 5.54 Å². The number of carbonyl (C=O) groups excluding carboxylic acids is 1. The molecule has 1 aromatic carbocycles. The first-order valence-corrected chi connectivity index (χ1v) is 10.3. The SMILES string of the molecule is CC[C@](N)(CO)CCc1sc(C(=O)CCCc2ccc(C)cc2)cc1C. The van der Waals surface area contributed by atoms with E-state index in [1.165, 1.54) is 16.0 Å². The number of aryl methyl sites for hydroxylation is 4. The van der Waals surface area contributed by atoms with Crippen LogP contribution in [0, 0.1) is 13.8 Å². The van der Waals surface area contributed by atoms with Gasteiger partial charge in [0.2, 0.25) is 0 Å². The maximum absolute atomic E-state index is 12.5. The average molecular weight is 374 g/mol. The molecule has 0 aliphatic heterocycles. The lowest BCUT2D eigenvalue weighted by atomic mass is 9.92. The molecule has 2 aromatic rings. The molecule has 0 unspecified atom stereocenters. The van der Waals surface area contributed by atoms with Crippen molar-refractivity contribution in [2.75, 3.05) is 6.61 Å². The molecule has 0 bridgehead atoms. The normalized spacial score (nSPS) is 13.6. The second kappa shape index (κ2) is 9.45. The fourth-order valence-corrected chi connectivity index (χ4v) is 4.11. The Morgan fingerprint density at radius 2 is 1.88 bits per heavy atom. The smallest absolute Gasteiger partial charge is 0.172 e. The third kappa shape index (κ3) is 5.76. The number of carbonyl (C=O) groups is 1. The topological polar surface area (TPSA) is 63.3 Å². The summed E-state index contributed by atoms with van der Waals surface area (Å²) in [7, 11) is 0. The van der Waals surface area contributed by atoms with Crippen molar-refractivity contribution in [1.29, 1.82) is 0 Å². The first kappa shape index (κ1) is 20.8. The van der Waals surface area contributed by atoms with E-state index in [4.69, 9.17) is 5.73 Å². The highest BCUT2D eigenvalue weighted by atomic mass is 32.1. The van der Waals surface area contributed by atoms with Crippen LogP contribution in [0.4, 0.5) is 0 Å². The summed E-state index contributed by atoms with van der Waals surface area (Å²) in [5.74, 6) is 0.230. The van der Waals surface area contributed by atoms with Crippen LogP contribution in [0.2, 0.25) is 0 Å². The van der Waals surface area contributed by atoms with Crippen molar-refractivity contribution in [3.8, 4) is 0 Å². The fourth-order valence-electron chi connectivity index (χ4n) is 2.97. The third-order valence-corrected chi connectivity index (χ3v) is 6.49. The molecular weight excluding hydrogens is 342 g/mol. The Kier molecular flexibility index (Phi) is 7.56. The molecule has 0 saturated heterocycles. The molecule has 0 aliphatic carbocycles. The molecule has 2 rings (SSSR count). The van der Waals surface area contributed by atoms with Crippen molar-refractivity contribution in [2.24, 2.45) is 5.73 Å². The van der Waals surface area contributed by atoms with Crippen LogP contribution < -0.4 is 5.73 Å². The molecule has 142 valence electrons. The Bertz CT molecular complexity index is 714. The molecular formula is C22H31NO2S. The van der Waals surface area contributed by atoms with E-state index in [9.17, 15) is 9.90 Å². The molecule has 26 heavy (non-hydrogen) atoms. The summed E-state index contributed by atoms with van der Waals surface area (Å²) in [5.41, 5.74) is 9.37. The van der Waals surface area contributed by atoms with Crippen LogP contribution in [-0.2, 0) is 12.8 Å². The molecule has 0 spiro atoms. The molecule has 0 fully saturated rings. The highest BCUT2D eigenvalue weighted by Gasteiger charge is 2.22. The summed E-state index contributed by atoms with van der Waals surface area (Å²) in [6, 6.07) is 10.5. The van der Waals surface area contributed by atoms with Crippen molar-refractivity contribution >= 4 is 17.1 Å². The zero-order valence-corrected chi connectivity index (χ0v) is 17.0. The minimum absolute atomic E-state index is 0.00127. The van der Waals surface area contributed by atoms with Gasteiger partial charge >= 0.3 is 0 Å². The van der Waals surface area contributed by atoms with Gasteiger partial charge in [0.1, 0.15) is 0 Å². The van der Waals surface area contributed by atoms with Crippen LogP contribution >= 0.6 is 11.3 Å². The Balaban J connectivity index is 1.88. The van der Waals surface area contributed by atoms with Crippen molar-refractivity contribution in [3.63, 3.8) is 0 Å². The second-order valence-corrected chi connectivity index (χ2v) is 8.49. The van der Waals surface area contributed by atoms with Crippen LogP contribution in [0.3, 0.4) is 0 Å². The third-order valence-electron chi connectivity index (χ3n) is 5.15. The van der Waals surface area contributed by atoms with Gasteiger partial charge in [0, 0.05) is 16.8 Å². The maximum atomic E-state index is 12.5. The molecule has 3 N–H and O–H groups in total. The molecule has 1 aromatic heterocycles. The average Bonchev–Trinajstić information content (AvgIpc) is 3.02. The van der Waals surface area contributed by atoms with E-state index in [1.807, 2.05) is 13.0 Å². The summed E-state index contributed by atoms with van der Waals surface area (Å²) in [6.45, 7) is 6.14.